The molecule has 4 aromatic rings. The number of piperidine rings is 1. The van der Waals surface area contributed by atoms with Crippen molar-refractivity contribution in [2.75, 3.05) is 23.3 Å². The molecule has 0 unspecified atom stereocenters. The summed E-state index contributed by atoms with van der Waals surface area (Å²) in [5.74, 6) is -2.84. The van der Waals surface area contributed by atoms with Gasteiger partial charge in [-0.25, -0.2) is 8.78 Å². The highest BCUT2D eigenvalue weighted by Gasteiger charge is 2.34. The van der Waals surface area contributed by atoms with Crippen LogP contribution in [-0.4, -0.2) is 29.5 Å². The number of aromatic nitrogens is 1. The fraction of sp³-hybridized carbons (Fsp3) is 0.240. The SMILES string of the molecule is O=C(Nc1ccc(N2CCC(F)(F)CC2)cc1)c1cc2occc2n1Cc1ccc(Cl)cc1. The van der Waals surface area contributed by atoms with Crippen LogP contribution >= 0.6 is 11.6 Å². The van der Waals surface area contributed by atoms with Crippen LogP contribution in [0, 0.1) is 0 Å². The molecule has 3 heterocycles. The molecule has 33 heavy (non-hydrogen) atoms. The van der Waals surface area contributed by atoms with Gasteiger partial charge in [-0.2, -0.15) is 0 Å². The second kappa shape index (κ2) is 8.56. The predicted molar refractivity (Wildman–Crippen MR) is 126 cm³/mol. The molecule has 2 aromatic heterocycles. The van der Waals surface area contributed by atoms with Crippen LogP contribution in [0.4, 0.5) is 20.2 Å². The summed E-state index contributed by atoms with van der Waals surface area (Å²) in [6, 6.07) is 18.3. The average molecular weight is 470 g/mol. The number of carbonyl (C=O) groups excluding carboxylic acids is 1. The zero-order chi connectivity index (χ0) is 23.0. The minimum absolute atomic E-state index is 0.142. The van der Waals surface area contributed by atoms with E-state index >= 15 is 0 Å². The van der Waals surface area contributed by atoms with Crippen molar-refractivity contribution in [1.82, 2.24) is 4.57 Å². The fourth-order valence-electron chi connectivity index (χ4n) is 4.15. The Kier molecular flexibility index (Phi) is 5.58. The minimum Gasteiger partial charge on any atom is -0.463 e. The van der Waals surface area contributed by atoms with Crippen LogP contribution in [0.1, 0.15) is 28.9 Å². The van der Waals surface area contributed by atoms with Gasteiger partial charge in [0.2, 0.25) is 0 Å². The van der Waals surface area contributed by atoms with Crippen LogP contribution in [0.2, 0.25) is 5.02 Å². The Bertz CT molecular complexity index is 1270. The number of anilines is 2. The molecule has 0 spiro atoms. The molecule has 1 aliphatic rings. The molecule has 2 aromatic carbocycles. The summed E-state index contributed by atoms with van der Waals surface area (Å²) >= 11 is 5.99. The van der Waals surface area contributed by atoms with E-state index in [4.69, 9.17) is 16.0 Å². The maximum atomic E-state index is 13.4. The predicted octanol–water partition coefficient (Wildman–Crippen LogP) is 6.42. The lowest BCUT2D eigenvalue weighted by atomic mass is 10.1. The quantitative estimate of drug-likeness (QED) is 0.366. The minimum atomic E-state index is -2.58. The van der Waals surface area contributed by atoms with E-state index in [1.807, 2.05) is 51.9 Å². The third-order valence-corrected chi connectivity index (χ3v) is 6.25. The Morgan fingerprint density at radius 1 is 1.03 bits per heavy atom. The Morgan fingerprint density at radius 2 is 1.73 bits per heavy atom. The number of furan rings is 1. The number of amides is 1. The number of hydrogen-bond donors (Lipinski definition) is 1. The first-order chi connectivity index (χ1) is 15.9. The Hall–Kier alpha value is -3.32. The van der Waals surface area contributed by atoms with E-state index in [0.29, 0.717) is 41.6 Å². The van der Waals surface area contributed by atoms with Crippen LogP contribution in [0.25, 0.3) is 11.1 Å². The lowest BCUT2D eigenvalue weighted by Crippen LogP contribution is -2.39. The molecule has 0 saturated carbocycles. The topological polar surface area (TPSA) is 50.4 Å². The first-order valence-electron chi connectivity index (χ1n) is 10.7. The van der Waals surface area contributed by atoms with Gasteiger partial charge in [-0.15, -0.1) is 0 Å². The van der Waals surface area contributed by atoms with Crippen LogP contribution in [0.15, 0.2) is 71.3 Å². The number of benzene rings is 2. The van der Waals surface area contributed by atoms with Gasteiger partial charge in [-0.1, -0.05) is 23.7 Å². The maximum Gasteiger partial charge on any atom is 0.272 e. The van der Waals surface area contributed by atoms with Gasteiger partial charge in [-0.3, -0.25) is 4.79 Å². The Labute approximate surface area is 194 Å². The van der Waals surface area contributed by atoms with Gasteiger partial charge in [0.15, 0.2) is 5.58 Å². The zero-order valence-corrected chi connectivity index (χ0v) is 18.5. The maximum absolute atomic E-state index is 13.4. The molecule has 1 fully saturated rings. The van der Waals surface area contributed by atoms with E-state index in [-0.39, 0.29) is 18.7 Å². The van der Waals surface area contributed by atoms with Crippen molar-refractivity contribution in [1.29, 1.82) is 0 Å². The molecule has 170 valence electrons. The molecule has 0 atom stereocenters. The summed E-state index contributed by atoms with van der Waals surface area (Å²) in [5.41, 5.74) is 4.43. The third kappa shape index (κ3) is 4.59. The van der Waals surface area contributed by atoms with Crippen LogP contribution in [-0.2, 0) is 6.54 Å². The van der Waals surface area contributed by atoms with Crippen LogP contribution in [0.5, 0.6) is 0 Å². The fourth-order valence-corrected chi connectivity index (χ4v) is 4.28. The second-order valence-electron chi connectivity index (χ2n) is 8.26. The van der Waals surface area contributed by atoms with E-state index in [1.54, 1.807) is 24.5 Å². The van der Waals surface area contributed by atoms with E-state index < -0.39 is 5.92 Å². The molecular formula is C25H22ClF2N3O2. The summed E-state index contributed by atoms with van der Waals surface area (Å²) in [4.78, 5) is 15.1. The molecule has 0 bridgehead atoms. The molecule has 8 heteroatoms. The van der Waals surface area contributed by atoms with Crippen LogP contribution < -0.4 is 10.2 Å². The number of rotatable bonds is 5. The number of nitrogens with one attached hydrogen (secondary N) is 1. The highest BCUT2D eigenvalue weighted by Crippen LogP contribution is 2.31. The molecule has 1 aliphatic heterocycles. The normalized spacial score (nSPS) is 15.7. The van der Waals surface area contributed by atoms with Gasteiger partial charge in [0.25, 0.3) is 11.8 Å². The molecule has 5 rings (SSSR count). The number of halogens is 3. The van der Waals surface area contributed by atoms with E-state index in [9.17, 15) is 13.6 Å². The monoisotopic (exact) mass is 469 g/mol. The van der Waals surface area contributed by atoms with Crippen molar-refractivity contribution in [2.24, 2.45) is 0 Å². The third-order valence-electron chi connectivity index (χ3n) is 5.99. The number of fused-ring (bicyclic) bond motifs is 1. The molecule has 0 radical (unpaired) electrons. The molecule has 1 saturated heterocycles. The first kappa shape index (κ1) is 21.5. The van der Waals surface area contributed by atoms with Gasteiger partial charge in [0, 0.05) is 61.0 Å². The average Bonchev–Trinajstić information content (AvgIpc) is 3.39. The van der Waals surface area contributed by atoms with Crippen molar-refractivity contribution < 1.29 is 18.0 Å². The zero-order valence-electron chi connectivity index (χ0n) is 17.7. The summed E-state index contributed by atoms with van der Waals surface area (Å²) < 4.78 is 34.2. The van der Waals surface area contributed by atoms with Gasteiger partial charge >= 0.3 is 0 Å². The molecule has 5 nitrogen and oxygen atoms in total. The summed E-state index contributed by atoms with van der Waals surface area (Å²) in [7, 11) is 0. The number of carbonyl (C=O) groups is 1. The van der Waals surface area contributed by atoms with Gasteiger partial charge in [0.1, 0.15) is 5.69 Å². The van der Waals surface area contributed by atoms with Crippen molar-refractivity contribution in [3.63, 3.8) is 0 Å². The molecule has 0 aliphatic carbocycles. The lowest BCUT2D eigenvalue weighted by Gasteiger charge is -2.33. The Morgan fingerprint density at radius 3 is 2.42 bits per heavy atom. The molecular weight excluding hydrogens is 448 g/mol. The number of nitrogens with zero attached hydrogens (tertiary/aromatic N) is 2. The van der Waals surface area contributed by atoms with Crippen molar-refractivity contribution in [3.05, 3.63) is 83.2 Å². The van der Waals surface area contributed by atoms with Crippen molar-refractivity contribution in [2.45, 2.75) is 25.3 Å². The first-order valence-corrected chi connectivity index (χ1v) is 11.1. The van der Waals surface area contributed by atoms with Gasteiger partial charge < -0.3 is 19.2 Å². The number of hydrogen-bond acceptors (Lipinski definition) is 3. The van der Waals surface area contributed by atoms with Gasteiger partial charge in [-0.05, 0) is 42.0 Å². The van der Waals surface area contributed by atoms with Crippen molar-refractivity contribution in [3.8, 4) is 0 Å². The Balaban J connectivity index is 1.33. The highest BCUT2D eigenvalue weighted by atomic mass is 35.5. The largest absolute Gasteiger partial charge is 0.463 e. The molecule has 1 amide bonds. The van der Waals surface area contributed by atoms with Crippen LogP contribution in [0.3, 0.4) is 0 Å². The summed E-state index contributed by atoms with van der Waals surface area (Å²) in [6.07, 6.45) is 1.31. The summed E-state index contributed by atoms with van der Waals surface area (Å²) in [6.45, 7) is 1.12. The highest BCUT2D eigenvalue weighted by molar-refractivity contribution is 6.30. The van der Waals surface area contributed by atoms with E-state index in [2.05, 4.69) is 5.32 Å². The van der Waals surface area contributed by atoms with Crippen molar-refractivity contribution >= 4 is 40.0 Å². The summed E-state index contributed by atoms with van der Waals surface area (Å²) in [5, 5.41) is 3.58. The standard InChI is InChI=1S/C25H22ClF2N3O2/c26-18-3-1-17(2-4-18)16-31-21-9-14-33-23(21)15-22(31)24(32)29-19-5-7-20(8-6-19)30-12-10-25(27,28)11-13-30/h1-9,14-15H,10-13,16H2,(H,29,32). The number of alkyl halides is 2. The molecule has 1 N–H and O–H groups in total. The van der Waals surface area contributed by atoms with Gasteiger partial charge in [0.05, 0.1) is 11.8 Å². The smallest absolute Gasteiger partial charge is 0.272 e. The van der Waals surface area contributed by atoms with E-state index in [1.165, 1.54) is 0 Å². The van der Waals surface area contributed by atoms with E-state index in [0.717, 1.165) is 16.8 Å². The second-order valence-corrected chi connectivity index (χ2v) is 8.69. The lowest BCUT2D eigenvalue weighted by molar-refractivity contribution is -0.0220.